The van der Waals surface area contributed by atoms with E-state index in [-0.39, 0.29) is 18.6 Å². The van der Waals surface area contributed by atoms with Crippen molar-refractivity contribution in [2.75, 3.05) is 26.2 Å². The lowest BCUT2D eigenvalue weighted by molar-refractivity contribution is 0.0911. The maximum absolute atomic E-state index is 12.2. The van der Waals surface area contributed by atoms with E-state index in [2.05, 4.69) is 29.0 Å². The van der Waals surface area contributed by atoms with E-state index in [9.17, 15) is 4.79 Å². The first-order valence-corrected chi connectivity index (χ1v) is 8.32. The van der Waals surface area contributed by atoms with Crippen LogP contribution in [0.5, 0.6) is 0 Å². The minimum atomic E-state index is -0.157. The summed E-state index contributed by atoms with van der Waals surface area (Å²) in [5.74, 6) is 5.40. The van der Waals surface area contributed by atoms with Gasteiger partial charge in [-0.3, -0.25) is 4.79 Å². The van der Waals surface area contributed by atoms with E-state index in [0.29, 0.717) is 5.56 Å². The molecule has 0 radical (unpaired) electrons. The van der Waals surface area contributed by atoms with Crippen LogP contribution in [0.4, 0.5) is 0 Å². The van der Waals surface area contributed by atoms with E-state index in [4.69, 9.17) is 5.11 Å². The molecule has 0 aromatic carbocycles. The van der Waals surface area contributed by atoms with Gasteiger partial charge in [-0.1, -0.05) is 18.8 Å². The molecule has 1 fully saturated rings. The van der Waals surface area contributed by atoms with E-state index >= 15 is 0 Å². The Labute approximate surface area is 130 Å². The molecule has 0 aliphatic carbocycles. The smallest absolute Gasteiger partial charge is 0.252 e. The largest absolute Gasteiger partial charge is 0.384 e. The average molecular weight is 306 g/mol. The summed E-state index contributed by atoms with van der Waals surface area (Å²) in [4.78, 5) is 15.5. The highest BCUT2D eigenvalue weighted by molar-refractivity contribution is 7.10. The molecule has 1 amide bonds. The van der Waals surface area contributed by atoms with Crippen LogP contribution in [0.3, 0.4) is 0 Å². The predicted molar refractivity (Wildman–Crippen MR) is 85.5 cm³/mol. The van der Waals surface area contributed by atoms with Crippen LogP contribution >= 0.6 is 11.3 Å². The number of carbonyl (C=O) groups excluding carboxylic acids is 1. The Kier molecular flexibility index (Phi) is 6.24. The standard InChI is InChI=1S/C16H22N2O2S/c1-2-7-18-8-5-14(6-9-18)17-16(20)13-11-15(21-12-13)4-3-10-19/h11-12,14,19H,2,5-10H2,1H3,(H,17,20). The summed E-state index contributed by atoms with van der Waals surface area (Å²) in [5, 5.41) is 13.6. The molecule has 0 bridgehead atoms. The van der Waals surface area contributed by atoms with E-state index < -0.39 is 0 Å². The van der Waals surface area contributed by atoms with Gasteiger partial charge in [-0.25, -0.2) is 0 Å². The minimum absolute atomic E-state index is 0.0164. The van der Waals surface area contributed by atoms with Crippen LogP contribution in [0.1, 0.15) is 41.4 Å². The summed E-state index contributed by atoms with van der Waals surface area (Å²) in [7, 11) is 0. The van der Waals surface area contributed by atoms with Crippen molar-refractivity contribution in [2.24, 2.45) is 0 Å². The van der Waals surface area contributed by atoms with E-state index in [1.807, 2.05) is 5.38 Å². The van der Waals surface area contributed by atoms with Crippen LogP contribution in [0.2, 0.25) is 0 Å². The molecule has 2 N–H and O–H groups in total. The second-order valence-corrected chi connectivity index (χ2v) is 6.16. The van der Waals surface area contributed by atoms with Crippen LogP contribution < -0.4 is 5.32 Å². The molecule has 4 nitrogen and oxygen atoms in total. The number of amides is 1. The number of hydrogen-bond acceptors (Lipinski definition) is 4. The summed E-state index contributed by atoms with van der Waals surface area (Å²) >= 11 is 1.43. The number of aliphatic hydroxyl groups excluding tert-OH is 1. The SMILES string of the molecule is CCCN1CCC(NC(=O)c2csc(C#CCO)c2)CC1. The number of carbonyl (C=O) groups is 1. The van der Waals surface area contributed by atoms with Crippen molar-refractivity contribution >= 4 is 17.2 Å². The zero-order chi connectivity index (χ0) is 15.1. The molecule has 5 heteroatoms. The molecule has 1 aromatic heterocycles. The second-order valence-electron chi connectivity index (χ2n) is 5.25. The Bertz CT molecular complexity index is 522. The summed E-state index contributed by atoms with van der Waals surface area (Å²) in [6.07, 6.45) is 3.23. The van der Waals surface area contributed by atoms with Gasteiger partial charge in [0, 0.05) is 24.5 Å². The van der Waals surface area contributed by atoms with Crippen LogP contribution in [0, 0.1) is 11.8 Å². The third kappa shape index (κ3) is 4.85. The van der Waals surface area contributed by atoms with Gasteiger partial charge < -0.3 is 15.3 Å². The number of nitrogens with one attached hydrogen (secondary N) is 1. The topological polar surface area (TPSA) is 52.6 Å². The molecule has 2 rings (SSSR count). The molecule has 0 unspecified atom stereocenters. The third-order valence-electron chi connectivity index (χ3n) is 3.61. The highest BCUT2D eigenvalue weighted by Crippen LogP contribution is 2.15. The van der Waals surface area contributed by atoms with Crippen molar-refractivity contribution in [1.29, 1.82) is 0 Å². The number of aliphatic hydroxyl groups is 1. The van der Waals surface area contributed by atoms with Crippen LogP contribution in [0.25, 0.3) is 0 Å². The summed E-state index contributed by atoms with van der Waals surface area (Å²) < 4.78 is 0. The molecular weight excluding hydrogens is 284 g/mol. The van der Waals surface area contributed by atoms with Gasteiger partial charge >= 0.3 is 0 Å². The Morgan fingerprint density at radius 1 is 1.52 bits per heavy atom. The van der Waals surface area contributed by atoms with E-state index in [1.165, 1.54) is 17.8 Å². The van der Waals surface area contributed by atoms with Crippen LogP contribution in [0.15, 0.2) is 11.4 Å². The fourth-order valence-electron chi connectivity index (χ4n) is 2.53. The van der Waals surface area contributed by atoms with Crippen molar-refractivity contribution in [1.82, 2.24) is 10.2 Å². The first-order valence-electron chi connectivity index (χ1n) is 7.44. The zero-order valence-corrected chi connectivity index (χ0v) is 13.2. The molecule has 1 aromatic rings. The third-order valence-corrected chi connectivity index (χ3v) is 4.46. The average Bonchev–Trinajstić information content (AvgIpc) is 2.96. The van der Waals surface area contributed by atoms with Crippen molar-refractivity contribution in [2.45, 2.75) is 32.2 Å². The van der Waals surface area contributed by atoms with Gasteiger partial charge in [0.1, 0.15) is 6.61 Å². The van der Waals surface area contributed by atoms with Gasteiger partial charge in [0.2, 0.25) is 0 Å². The lowest BCUT2D eigenvalue weighted by Gasteiger charge is -2.32. The molecule has 1 saturated heterocycles. The number of likely N-dealkylation sites (tertiary alicyclic amines) is 1. The van der Waals surface area contributed by atoms with Crippen LogP contribution in [-0.4, -0.2) is 48.2 Å². The maximum Gasteiger partial charge on any atom is 0.252 e. The van der Waals surface area contributed by atoms with Crippen LogP contribution in [-0.2, 0) is 0 Å². The first kappa shape index (κ1) is 16.0. The van der Waals surface area contributed by atoms with Gasteiger partial charge in [0.05, 0.1) is 10.4 Å². The Morgan fingerprint density at radius 2 is 2.29 bits per heavy atom. The number of thiophene rings is 1. The molecule has 2 heterocycles. The lowest BCUT2D eigenvalue weighted by atomic mass is 10.0. The van der Waals surface area contributed by atoms with Gasteiger partial charge in [0.15, 0.2) is 0 Å². The normalized spacial score (nSPS) is 16.3. The first-order chi connectivity index (χ1) is 10.2. The number of rotatable bonds is 4. The number of hydrogen-bond donors (Lipinski definition) is 2. The molecule has 114 valence electrons. The van der Waals surface area contributed by atoms with Crippen molar-refractivity contribution in [3.8, 4) is 11.8 Å². The molecular formula is C16H22N2O2S. The summed E-state index contributed by atoms with van der Waals surface area (Å²) in [5.41, 5.74) is 0.665. The summed E-state index contributed by atoms with van der Waals surface area (Å²) in [6, 6.07) is 2.06. The molecule has 0 spiro atoms. The second kappa shape index (κ2) is 8.18. The van der Waals surface area contributed by atoms with Crippen molar-refractivity contribution < 1.29 is 9.90 Å². The quantitative estimate of drug-likeness (QED) is 0.833. The Hall–Kier alpha value is -1.35. The van der Waals surface area contributed by atoms with E-state index in [0.717, 1.165) is 37.4 Å². The zero-order valence-electron chi connectivity index (χ0n) is 12.4. The maximum atomic E-state index is 12.2. The molecule has 0 saturated carbocycles. The predicted octanol–water partition coefficient (Wildman–Crippen LogP) is 1.70. The van der Waals surface area contributed by atoms with Crippen molar-refractivity contribution in [3.05, 3.63) is 21.9 Å². The fourth-order valence-corrected chi connectivity index (χ4v) is 3.29. The molecule has 0 atom stereocenters. The summed E-state index contributed by atoms with van der Waals surface area (Å²) in [6.45, 7) is 5.32. The minimum Gasteiger partial charge on any atom is -0.384 e. The monoisotopic (exact) mass is 306 g/mol. The fraction of sp³-hybridized carbons (Fsp3) is 0.562. The van der Waals surface area contributed by atoms with Crippen molar-refractivity contribution in [3.63, 3.8) is 0 Å². The van der Waals surface area contributed by atoms with Gasteiger partial charge in [-0.15, -0.1) is 11.3 Å². The van der Waals surface area contributed by atoms with Gasteiger partial charge in [0.25, 0.3) is 5.91 Å². The van der Waals surface area contributed by atoms with Gasteiger partial charge in [-0.05, 0) is 31.9 Å². The Morgan fingerprint density at radius 3 is 2.95 bits per heavy atom. The van der Waals surface area contributed by atoms with E-state index in [1.54, 1.807) is 6.07 Å². The highest BCUT2D eigenvalue weighted by Gasteiger charge is 2.20. The Balaban J connectivity index is 1.83. The molecule has 21 heavy (non-hydrogen) atoms. The highest BCUT2D eigenvalue weighted by atomic mass is 32.1. The molecule has 1 aliphatic rings. The lowest BCUT2D eigenvalue weighted by Crippen LogP contribution is -2.44. The molecule has 1 aliphatic heterocycles. The van der Waals surface area contributed by atoms with Gasteiger partial charge in [-0.2, -0.15) is 0 Å². The number of nitrogens with zero attached hydrogens (tertiary/aromatic N) is 1. The number of piperidine rings is 1.